The van der Waals surface area contributed by atoms with Crippen LogP contribution in [0.2, 0.25) is 0 Å². The Bertz CT molecular complexity index is 522. The van der Waals surface area contributed by atoms with Crippen LogP contribution in [0.1, 0.15) is 0 Å². The van der Waals surface area contributed by atoms with Gasteiger partial charge in [0.25, 0.3) is 0 Å². The molecule has 0 spiro atoms. The molecule has 0 fully saturated rings. The summed E-state index contributed by atoms with van der Waals surface area (Å²) in [7, 11) is 0. The second-order valence-electron chi connectivity index (χ2n) is 2.85. The normalized spacial score (nSPS) is 10.2. The molecular weight excluding hydrogens is 282 g/mol. The molecule has 0 bridgehead atoms. The van der Waals surface area contributed by atoms with Gasteiger partial charge in [0.2, 0.25) is 5.88 Å². The van der Waals surface area contributed by atoms with Crippen LogP contribution in [0, 0.1) is 11.6 Å². The van der Waals surface area contributed by atoms with Crippen molar-refractivity contribution in [2.45, 2.75) is 0 Å². The first-order valence-electron chi connectivity index (χ1n) is 4.25. The quantitative estimate of drug-likeness (QED) is 0.850. The highest BCUT2D eigenvalue weighted by Gasteiger charge is 2.09. The molecule has 0 N–H and O–H groups in total. The summed E-state index contributed by atoms with van der Waals surface area (Å²) in [5.41, 5.74) is 0. The largest absolute Gasteiger partial charge is 0.435 e. The maximum absolute atomic E-state index is 13.2. The van der Waals surface area contributed by atoms with Gasteiger partial charge >= 0.3 is 0 Å². The molecule has 82 valence electrons. The van der Waals surface area contributed by atoms with E-state index in [0.29, 0.717) is 4.47 Å². The summed E-state index contributed by atoms with van der Waals surface area (Å²) >= 11 is 3.13. The molecular formula is C10H5BrF2N2O. The Morgan fingerprint density at radius 1 is 1.25 bits per heavy atom. The molecule has 0 amide bonds. The lowest BCUT2D eigenvalue weighted by molar-refractivity contribution is 0.419. The van der Waals surface area contributed by atoms with Crippen molar-refractivity contribution in [2.75, 3.05) is 0 Å². The van der Waals surface area contributed by atoms with Crippen LogP contribution in [0.15, 0.2) is 35.2 Å². The lowest BCUT2D eigenvalue weighted by Crippen LogP contribution is -1.93. The molecule has 2 rings (SSSR count). The van der Waals surface area contributed by atoms with Gasteiger partial charge in [-0.05, 0) is 28.1 Å². The summed E-state index contributed by atoms with van der Waals surface area (Å²) in [6.07, 6.45) is 2.69. The highest BCUT2D eigenvalue weighted by atomic mass is 79.9. The fourth-order valence-corrected chi connectivity index (χ4v) is 1.34. The summed E-state index contributed by atoms with van der Waals surface area (Å²) in [4.78, 5) is 7.50. The van der Waals surface area contributed by atoms with Crippen LogP contribution in [0.4, 0.5) is 8.78 Å². The standard InChI is InChI=1S/C10H5BrF2N2O/c11-7-4-14-5-15-10(7)16-9-3-6(12)1-2-8(9)13/h1-5H. The smallest absolute Gasteiger partial charge is 0.236 e. The molecule has 0 unspecified atom stereocenters. The van der Waals surface area contributed by atoms with E-state index in [1.165, 1.54) is 12.5 Å². The van der Waals surface area contributed by atoms with E-state index in [1.54, 1.807) is 0 Å². The van der Waals surface area contributed by atoms with Gasteiger partial charge in [-0.25, -0.2) is 18.7 Å². The minimum absolute atomic E-state index is 0.125. The Morgan fingerprint density at radius 3 is 2.81 bits per heavy atom. The first-order chi connectivity index (χ1) is 7.66. The van der Waals surface area contributed by atoms with Crippen LogP contribution in [-0.4, -0.2) is 9.97 Å². The van der Waals surface area contributed by atoms with Crippen LogP contribution in [0.25, 0.3) is 0 Å². The fourth-order valence-electron chi connectivity index (χ4n) is 1.04. The van der Waals surface area contributed by atoms with Crippen LogP contribution in [0.5, 0.6) is 11.6 Å². The van der Waals surface area contributed by atoms with Gasteiger partial charge in [0.05, 0.1) is 4.47 Å². The first kappa shape index (κ1) is 10.9. The number of rotatable bonds is 2. The zero-order chi connectivity index (χ0) is 11.5. The molecule has 1 aromatic heterocycles. The molecule has 0 aliphatic rings. The zero-order valence-corrected chi connectivity index (χ0v) is 9.41. The second-order valence-corrected chi connectivity index (χ2v) is 3.71. The third kappa shape index (κ3) is 2.33. The van der Waals surface area contributed by atoms with Crippen molar-refractivity contribution >= 4 is 15.9 Å². The fraction of sp³-hybridized carbons (Fsp3) is 0. The lowest BCUT2D eigenvalue weighted by atomic mass is 10.3. The van der Waals surface area contributed by atoms with Crippen molar-refractivity contribution in [3.05, 3.63) is 46.8 Å². The molecule has 0 radical (unpaired) electrons. The van der Waals surface area contributed by atoms with Crippen molar-refractivity contribution in [1.82, 2.24) is 9.97 Å². The Labute approximate surface area is 98.2 Å². The van der Waals surface area contributed by atoms with Gasteiger partial charge in [-0.1, -0.05) is 0 Å². The highest BCUT2D eigenvalue weighted by molar-refractivity contribution is 9.10. The van der Waals surface area contributed by atoms with E-state index in [0.717, 1.165) is 18.2 Å². The zero-order valence-electron chi connectivity index (χ0n) is 7.82. The third-order valence-corrected chi connectivity index (χ3v) is 2.28. The Hall–Kier alpha value is -1.56. The van der Waals surface area contributed by atoms with Gasteiger partial charge in [0.15, 0.2) is 11.6 Å². The second kappa shape index (κ2) is 4.52. The van der Waals surface area contributed by atoms with Crippen molar-refractivity contribution in [1.29, 1.82) is 0 Å². The lowest BCUT2D eigenvalue weighted by Gasteiger charge is -2.06. The van der Waals surface area contributed by atoms with E-state index >= 15 is 0 Å². The maximum atomic E-state index is 13.2. The number of hydrogen-bond acceptors (Lipinski definition) is 3. The van der Waals surface area contributed by atoms with Gasteiger partial charge in [0, 0.05) is 12.3 Å². The minimum Gasteiger partial charge on any atom is -0.435 e. The number of ether oxygens (including phenoxy) is 1. The average Bonchev–Trinajstić information content (AvgIpc) is 2.27. The maximum Gasteiger partial charge on any atom is 0.236 e. The summed E-state index contributed by atoms with van der Waals surface area (Å²) < 4.78 is 31.7. The third-order valence-electron chi connectivity index (χ3n) is 1.73. The van der Waals surface area contributed by atoms with Gasteiger partial charge in [-0.15, -0.1) is 0 Å². The van der Waals surface area contributed by atoms with E-state index in [9.17, 15) is 8.78 Å². The number of halogens is 3. The molecule has 3 nitrogen and oxygen atoms in total. The Balaban J connectivity index is 2.34. The molecule has 6 heteroatoms. The van der Waals surface area contributed by atoms with Gasteiger partial charge in [-0.2, -0.15) is 0 Å². The number of hydrogen-bond donors (Lipinski definition) is 0. The molecule has 2 aromatic rings. The molecule has 1 aromatic carbocycles. The molecule has 1 heterocycles. The van der Waals surface area contributed by atoms with Crippen LogP contribution in [0.3, 0.4) is 0 Å². The van der Waals surface area contributed by atoms with E-state index in [4.69, 9.17) is 4.74 Å². The SMILES string of the molecule is Fc1ccc(F)c(Oc2ncncc2Br)c1. The monoisotopic (exact) mass is 286 g/mol. The topological polar surface area (TPSA) is 35.0 Å². The number of nitrogens with zero attached hydrogens (tertiary/aromatic N) is 2. The molecule has 0 saturated carbocycles. The molecule has 0 aliphatic carbocycles. The first-order valence-corrected chi connectivity index (χ1v) is 5.04. The van der Waals surface area contributed by atoms with E-state index in [1.807, 2.05) is 0 Å². The van der Waals surface area contributed by atoms with Crippen LogP contribution >= 0.6 is 15.9 Å². The Morgan fingerprint density at radius 2 is 2.06 bits per heavy atom. The molecule has 0 aliphatic heterocycles. The van der Waals surface area contributed by atoms with E-state index in [2.05, 4.69) is 25.9 Å². The van der Waals surface area contributed by atoms with Gasteiger partial charge in [0.1, 0.15) is 12.1 Å². The minimum atomic E-state index is -0.660. The number of aromatic nitrogens is 2. The molecule has 0 saturated heterocycles. The van der Waals surface area contributed by atoms with Crippen molar-refractivity contribution < 1.29 is 13.5 Å². The predicted molar refractivity (Wildman–Crippen MR) is 56.2 cm³/mol. The van der Waals surface area contributed by atoms with Crippen molar-refractivity contribution in [2.24, 2.45) is 0 Å². The van der Waals surface area contributed by atoms with Gasteiger partial charge < -0.3 is 4.74 Å². The van der Waals surface area contributed by atoms with Crippen LogP contribution < -0.4 is 4.74 Å². The number of benzene rings is 1. The molecule has 0 atom stereocenters. The summed E-state index contributed by atoms with van der Waals surface area (Å²) in [5.74, 6) is -1.34. The molecule has 16 heavy (non-hydrogen) atoms. The summed E-state index contributed by atoms with van der Waals surface area (Å²) in [6, 6.07) is 2.95. The highest BCUT2D eigenvalue weighted by Crippen LogP contribution is 2.28. The Kier molecular flexibility index (Phi) is 3.09. The summed E-state index contributed by atoms with van der Waals surface area (Å²) in [5, 5.41) is 0. The predicted octanol–water partition coefficient (Wildman–Crippen LogP) is 3.31. The van der Waals surface area contributed by atoms with Crippen molar-refractivity contribution in [3.63, 3.8) is 0 Å². The van der Waals surface area contributed by atoms with Crippen molar-refractivity contribution in [3.8, 4) is 11.6 Å². The van der Waals surface area contributed by atoms with Crippen LogP contribution in [-0.2, 0) is 0 Å². The van der Waals surface area contributed by atoms with E-state index < -0.39 is 11.6 Å². The van der Waals surface area contributed by atoms with Gasteiger partial charge in [-0.3, -0.25) is 0 Å². The average molecular weight is 287 g/mol. The summed E-state index contributed by atoms with van der Waals surface area (Å²) in [6.45, 7) is 0. The van der Waals surface area contributed by atoms with E-state index in [-0.39, 0.29) is 11.6 Å².